The molecule has 0 aliphatic heterocycles. The van der Waals surface area contributed by atoms with Gasteiger partial charge in [0.2, 0.25) is 9.84 Å². The van der Waals surface area contributed by atoms with Crippen LogP contribution in [0, 0.1) is 25.2 Å². The summed E-state index contributed by atoms with van der Waals surface area (Å²) in [7, 11) is -4.09. The van der Waals surface area contributed by atoms with E-state index in [-0.39, 0.29) is 16.5 Å². The summed E-state index contributed by atoms with van der Waals surface area (Å²) in [6.45, 7) is 7.10. The smallest absolute Gasteiger partial charge is 0.317 e. The highest BCUT2D eigenvalue weighted by atomic mass is 32.2. The van der Waals surface area contributed by atoms with E-state index < -0.39 is 26.5 Å². The first-order valence-electron chi connectivity index (χ1n) is 10.2. The van der Waals surface area contributed by atoms with Crippen molar-refractivity contribution in [2.75, 3.05) is 0 Å². The van der Waals surface area contributed by atoms with Gasteiger partial charge in [-0.15, -0.1) is 0 Å². The number of aromatic nitrogens is 1. The van der Waals surface area contributed by atoms with Crippen molar-refractivity contribution in [1.29, 1.82) is 5.26 Å². The van der Waals surface area contributed by atoms with Gasteiger partial charge in [-0.25, -0.2) is 8.42 Å². The van der Waals surface area contributed by atoms with Crippen molar-refractivity contribution < 1.29 is 21.6 Å². The second-order valence-electron chi connectivity index (χ2n) is 8.05. The first kappa shape index (κ1) is 24.3. The molecule has 0 saturated heterocycles. The maximum atomic E-state index is 13.7. The number of halogens is 3. The van der Waals surface area contributed by atoms with E-state index in [4.69, 9.17) is 0 Å². The van der Waals surface area contributed by atoms with E-state index in [0.717, 1.165) is 11.6 Å². The fourth-order valence-electron chi connectivity index (χ4n) is 3.61. The third-order valence-electron chi connectivity index (χ3n) is 5.37. The maximum Gasteiger partial charge on any atom is 0.418 e. The zero-order valence-electron chi connectivity index (χ0n) is 18.6. The maximum absolute atomic E-state index is 13.7. The average Bonchev–Trinajstić information content (AvgIpc) is 3.07. The van der Waals surface area contributed by atoms with Crippen LogP contribution in [0.15, 0.2) is 64.4 Å². The van der Waals surface area contributed by atoms with E-state index in [2.05, 4.69) is 0 Å². The van der Waals surface area contributed by atoms with Crippen LogP contribution in [0.1, 0.15) is 47.8 Å². The molecule has 4 nitrogen and oxygen atoms in total. The number of hydrogen-bond donors (Lipinski definition) is 0. The van der Waals surface area contributed by atoms with E-state index in [1.165, 1.54) is 41.0 Å². The SMILES string of the molecule is Cc1ccc(S(=O)(=O)/C(C#N)=C/c2cc(C(C)C)n(-c3ccccc3C(F)(F)F)c2C)cc1. The number of nitriles is 1. The van der Waals surface area contributed by atoms with Crippen LogP contribution in [-0.2, 0) is 16.0 Å². The minimum atomic E-state index is -4.57. The van der Waals surface area contributed by atoms with Gasteiger partial charge in [0.05, 0.1) is 16.1 Å². The molecule has 0 spiro atoms. The summed E-state index contributed by atoms with van der Waals surface area (Å²) in [4.78, 5) is -0.504. The van der Waals surface area contributed by atoms with Gasteiger partial charge >= 0.3 is 6.18 Å². The molecular formula is C25H23F3N2O2S. The molecule has 0 aliphatic rings. The van der Waals surface area contributed by atoms with Crippen molar-refractivity contribution in [3.63, 3.8) is 0 Å². The summed E-state index contributed by atoms with van der Waals surface area (Å²) in [5.41, 5.74) is 1.36. The summed E-state index contributed by atoms with van der Waals surface area (Å²) >= 11 is 0. The Hall–Kier alpha value is -3.31. The molecule has 0 saturated carbocycles. The molecule has 3 aromatic rings. The van der Waals surface area contributed by atoms with Crippen molar-refractivity contribution >= 4 is 15.9 Å². The van der Waals surface area contributed by atoms with Gasteiger partial charge in [0.1, 0.15) is 11.0 Å². The quantitative estimate of drug-likeness (QED) is 0.394. The molecule has 0 atom stereocenters. The Morgan fingerprint density at radius 3 is 2.21 bits per heavy atom. The topological polar surface area (TPSA) is 62.9 Å². The Morgan fingerprint density at radius 1 is 1.06 bits per heavy atom. The molecule has 1 aromatic heterocycles. The van der Waals surface area contributed by atoms with Crippen LogP contribution in [0.5, 0.6) is 0 Å². The summed E-state index contributed by atoms with van der Waals surface area (Å²) in [5.74, 6) is -0.161. The van der Waals surface area contributed by atoms with Crippen molar-refractivity contribution in [2.45, 2.75) is 44.7 Å². The number of hydrogen-bond acceptors (Lipinski definition) is 3. The molecule has 0 radical (unpaired) electrons. The number of para-hydroxylation sites is 1. The van der Waals surface area contributed by atoms with Gasteiger partial charge < -0.3 is 4.57 Å². The summed E-state index contributed by atoms with van der Waals surface area (Å²) in [5, 5.41) is 9.63. The highest BCUT2D eigenvalue weighted by Gasteiger charge is 2.34. The van der Waals surface area contributed by atoms with Gasteiger partial charge in [0, 0.05) is 11.4 Å². The van der Waals surface area contributed by atoms with Gasteiger partial charge in [-0.2, -0.15) is 18.4 Å². The summed E-state index contributed by atoms with van der Waals surface area (Å²) in [6.07, 6.45) is -3.34. The fourth-order valence-corrected chi connectivity index (χ4v) is 4.76. The minimum absolute atomic E-state index is 0.0236. The van der Waals surface area contributed by atoms with Crippen molar-refractivity contribution in [3.8, 4) is 11.8 Å². The molecule has 1 heterocycles. The Labute approximate surface area is 191 Å². The van der Waals surface area contributed by atoms with Crippen LogP contribution in [0.25, 0.3) is 11.8 Å². The number of alkyl halides is 3. The number of benzene rings is 2. The summed E-state index contributed by atoms with van der Waals surface area (Å²) in [6, 6.07) is 14.7. The van der Waals surface area contributed by atoms with E-state index in [1.807, 2.05) is 20.8 Å². The first-order valence-corrected chi connectivity index (χ1v) is 11.7. The number of sulfone groups is 1. The van der Waals surface area contributed by atoms with Gasteiger partial charge in [0.15, 0.2) is 0 Å². The van der Waals surface area contributed by atoms with E-state index in [0.29, 0.717) is 17.0 Å². The fraction of sp³-hybridized carbons (Fsp3) is 0.240. The molecule has 0 unspecified atom stereocenters. The lowest BCUT2D eigenvalue weighted by molar-refractivity contribution is -0.137. The monoisotopic (exact) mass is 472 g/mol. The highest BCUT2D eigenvalue weighted by Crippen LogP contribution is 2.37. The van der Waals surface area contributed by atoms with E-state index >= 15 is 0 Å². The standard InChI is InChI=1S/C25H23F3N2O2S/c1-16(2)24-14-19(13-21(15-29)33(31,32)20-11-9-17(3)10-12-20)18(4)30(24)23-8-6-5-7-22(23)25(26,27)28/h5-14,16H,1-4H3/b21-13+. The van der Waals surface area contributed by atoms with Crippen LogP contribution in [0.4, 0.5) is 13.2 Å². The second kappa shape index (κ2) is 8.91. The third kappa shape index (κ3) is 4.74. The molecular weight excluding hydrogens is 449 g/mol. The van der Waals surface area contributed by atoms with Crippen LogP contribution >= 0.6 is 0 Å². The Kier molecular flexibility index (Phi) is 6.57. The van der Waals surface area contributed by atoms with E-state index in [9.17, 15) is 26.9 Å². The second-order valence-corrected chi connectivity index (χ2v) is 9.97. The molecule has 2 aromatic carbocycles. The average molecular weight is 473 g/mol. The van der Waals surface area contributed by atoms with E-state index in [1.54, 1.807) is 31.2 Å². The molecule has 33 heavy (non-hydrogen) atoms. The molecule has 0 bridgehead atoms. The number of rotatable bonds is 5. The summed E-state index contributed by atoms with van der Waals surface area (Å²) < 4.78 is 68.6. The molecule has 0 fully saturated rings. The van der Waals surface area contributed by atoms with Crippen molar-refractivity contribution in [1.82, 2.24) is 4.57 Å². The lowest BCUT2D eigenvalue weighted by atomic mass is 10.1. The normalized spacial score (nSPS) is 12.8. The molecule has 0 N–H and O–H groups in total. The van der Waals surface area contributed by atoms with Gasteiger partial charge in [0.25, 0.3) is 0 Å². The molecule has 0 aliphatic carbocycles. The van der Waals surface area contributed by atoms with Gasteiger partial charge in [-0.1, -0.05) is 43.7 Å². The largest absolute Gasteiger partial charge is 0.418 e. The third-order valence-corrected chi connectivity index (χ3v) is 7.06. The van der Waals surface area contributed by atoms with Crippen LogP contribution in [0.2, 0.25) is 0 Å². The van der Waals surface area contributed by atoms with Crippen molar-refractivity contribution in [3.05, 3.63) is 87.6 Å². The van der Waals surface area contributed by atoms with Crippen LogP contribution < -0.4 is 0 Å². The van der Waals surface area contributed by atoms with Crippen molar-refractivity contribution in [2.24, 2.45) is 0 Å². The Balaban J connectivity index is 2.24. The Bertz CT molecular complexity index is 1360. The highest BCUT2D eigenvalue weighted by molar-refractivity contribution is 7.95. The lowest BCUT2D eigenvalue weighted by Crippen LogP contribution is -2.13. The Morgan fingerprint density at radius 2 is 1.67 bits per heavy atom. The van der Waals surface area contributed by atoms with Crippen LogP contribution in [-0.4, -0.2) is 13.0 Å². The predicted octanol–water partition coefficient (Wildman–Crippen LogP) is 6.57. The lowest BCUT2D eigenvalue weighted by Gasteiger charge is -2.19. The predicted molar refractivity (Wildman–Crippen MR) is 122 cm³/mol. The zero-order chi connectivity index (χ0) is 24.6. The molecule has 172 valence electrons. The number of allylic oxidation sites excluding steroid dienone is 1. The van der Waals surface area contributed by atoms with Gasteiger partial charge in [-0.3, -0.25) is 0 Å². The molecule has 3 rings (SSSR count). The number of nitrogens with zero attached hydrogens (tertiary/aromatic N) is 2. The molecule has 0 amide bonds. The molecule has 8 heteroatoms. The van der Waals surface area contributed by atoms with Gasteiger partial charge in [-0.05, 0) is 61.7 Å². The first-order chi connectivity index (χ1) is 15.4. The zero-order valence-corrected chi connectivity index (χ0v) is 19.4. The van der Waals surface area contributed by atoms with Crippen LogP contribution in [0.3, 0.4) is 0 Å². The minimum Gasteiger partial charge on any atom is -0.317 e. The number of aryl methyl sites for hydroxylation is 1.